The van der Waals surface area contributed by atoms with E-state index in [0.29, 0.717) is 13.2 Å². The molecule has 0 unspecified atom stereocenters. The molecular weight excluding hydrogens is 295 g/mol. The van der Waals surface area contributed by atoms with Crippen LogP contribution in [0, 0.1) is 0 Å². The highest BCUT2D eigenvalue weighted by Crippen LogP contribution is 2.42. The molecule has 0 aliphatic carbocycles. The van der Waals surface area contributed by atoms with Crippen LogP contribution in [-0.4, -0.2) is 29.0 Å². The van der Waals surface area contributed by atoms with Gasteiger partial charge in [0, 0.05) is 6.92 Å². The zero-order valence-corrected chi connectivity index (χ0v) is 14.4. The van der Waals surface area contributed by atoms with Gasteiger partial charge in [-0.15, -0.1) is 0 Å². The van der Waals surface area contributed by atoms with E-state index >= 15 is 0 Å². The van der Waals surface area contributed by atoms with Gasteiger partial charge in [-0.2, -0.15) is 0 Å². The summed E-state index contributed by atoms with van der Waals surface area (Å²) in [6.07, 6.45) is 8.10. The minimum atomic E-state index is -4.66. The van der Waals surface area contributed by atoms with Crippen LogP contribution >= 0.6 is 7.82 Å². The molecule has 0 saturated carbocycles. The summed E-state index contributed by atoms with van der Waals surface area (Å²) in [6, 6.07) is 0. The molecule has 0 bridgehead atoms. The summed E-state index contributed by atoms with van der Waals surface area (Å²) in [5.41, 5.74) is 0. The van der Waals surface area contributed by atoms with Gasteiger partial charge in [-0.25, -0.2) is 9.09 Å². The van der Waals surface area contributed by atoms with Gasteiger partial charge < -0.3 is 19.3 Å². The summed E-state index contributed by atoms with van der Waals surface area (Å²) >= 11 is 0. The van der Waals surface area contributed by atoms with Gasteiger partial charge in [-0.05, 0) is 12.8 Å². The van der Waals surface area contributed by atoms with Gasteiger partial charge in [0.05, 0.1) is 13.2 Å². The van der Waals surface area contributed by atoms with Crippen molar-refractivity contribution in [2.45, 2.75) is 78.1 Å². The summed E-state index contributed by atoms with van der Waals surface area (Å²) in [5.74, 6) is -1.68. The highest BCUT2D eigenvalue weighted by molar-refractivity contribution is 7.46. The van der Waals surface area contributed by atoms with Crippen molar-refractivity contribution in [3.63, 3.8) is 0 Å². The highest BCUT2D eigenvalue weighted by atomic mass is 31.2. The van der Waals surface area contributed by atoms with Crippen LogP contribution in [0.3, 0.4) is 0 Å². The maximum atomic E-state index is 11.0. The Balaban J connectivity index is 4.17. The zero-order valence-electron chi connectivity index (χ0n) is 13.5. The number of unbranched alkanes of at least 4 members (excludes halogenated alkanes) is 6. The number of ether oxygens (including phenoxy) is 2. The minimum absolute atomic E-state index is 0.353. The fraction of sp³-hybridized carbons (Fsp3) is 1.00. The lowest BCUT2D eigenvalue weighted by Gasteiger charge is -2.29. The smallest absolute Gasteiger partial charge is 0.327 e. The SMILES string of the molecule is CCCCCCOC(C)(OCCCCCC)OP(=O)(O)O. The van der Waals surface area contributed by atoms with Crippen LogP contribution in [0.2, 0.25) is 0 Å². The Labute approximate surface area is 128 Å². The monoisotopic (exact) mass is 326 g/mol. The van der Waals surface area contributed by atoms with Crippen LogP contribution in [0.1, 0.15) is 72.1 Å². The average molecular weight is 326 g/mol. The number of rotatable bonds is 14. The van der Waals surface area contributed by atoms with E-state index in [1.165, 1.54) is 6.92 Å². The van der Waals surface area contributed by atoms with Crippen molar-refractivity contribution in [2.24, 2.45) is 0 Å². The van der Waals surface area contributed by atoms with Crippen LogP contribution in [0.25, 0.3) is 0 Å². The van der Waals surface area contributed by atoms with Crippen molar-refractivity contribution < 1.29 is 28.3 Å². The first-order valence-electron chi connectivity index (χ1n) is 7.87. The molecule has 0 aromatic heterocycles. The highest BCUT2D eigenvalue weighted by Gasteiger charge is 2.35. The molecule has 7 heteroatoms. The second-order valence-corrected chi connectivity index (χ2v) is 6.43. The summed E-state index contributed by atoms with van der Waals surface area (Å²) in [4.78, 5) is 17.9. The molecule has 0 rings (SSSR count). The van der Waals surface area contributed by atoms with Gasteiger partial charge >= 0.3 is 7.82 Å². The fourth-order valence-corrected chi connectivity index (χ4v) is 2.42. The van der Waals surface area contributed by atoms with Crippen molar-refractivity contribution in [2.75, 3.05) is 13.2 Å². The predicted molar refractivity (Wildman–Crippen MR) is 81.7 cm³/mol. The molecule has 0 aromatic carbocycles. The molecule has 0 fully saturated rings. The van der Waals surface area contributed by atoms with Crippen molar-refractivity contribution in [1.29, 1.82) is 0 Å². The third-order valence-corrected chi connectivity index (χ3v) is 3.58. The lowest BCUT2D eigenvalue weighted by molar-refractivity contribution is -0.337. The van der Waals surface area contributed by atoms with Gasteiger partial charge in [0.1, 0.15) is 0 Å². The maximum Gasteiger partial charge on any atom is 0.473 e. The number of hydrogen-bond acceptors (Lipinski definition) is 4. The van der Waals surface area contributed by atoms with Gasteiger partial charge in [0.2, 0.25) is 0 Å². The molecule has 6 nitrogen and oxygen atoms in total. The topological polar surface area (TPSA) is 85.2 Å². The molecule has 21 heavy (non-hydrogen) atoms. The van der Waals surface area contributed by atoms with Crippen LogP contribution in [-0.2, 0) is 18.6 Å². The van der Waals surface area contributed by atoms with E-state index in [1.807, 2.05) is 0 Å². The van der Waals surface area contributed by atoms with E-state index in [2.05, 4.69) is 18.4 Å². The molecular formula is C14H31O6P. The number of phosphoric acid groups is 1. The Hall–Kier alpha value is 0.0300. The zero-order chi connectivity index (χ0) is 16.2. The first-order chi connectivity index (χ1) is 9.83. The lowest BCUT2D eigenvalue weighted by Crippen LogP contribution is -2.35. The number of hydrogen-bond donors (Lipinski definition) is 2. The second-order valence-electron chi connectivity index (χ2n) is 5.26. The Morgan fingerprint density at radius 3 is 1.62 bits per heavy atom. The molecule has 0 atom stereocenters. The summed E-state index contributed by atoms with van der Waals surface area (Å²) in [7, 11) is -4.66. The van der Waals surface area contributed by atoms with E-state index in [4.69, 9.17) is 19.3 Å². The van der Waals surface area contributed by atoms with Crippen LogP contribution in [0.4, 0.5) is 0 Å². The Bertz CT molecular complexity index is 277. The van der Waals surface area contributed by atoms with E-state index in [1.54, 1.807) is 0 Å². The predicted octanol–water partition coefficient (Wildman–Crippen LogP) is 3.96. The van der Waals surface area contributed by atoms with Crippen LogP contribution in [0.5, 0.6) is 0 Å². The van der Waals surface area contributed by atoms with Gasteiger partial charge in [0.25, 0.3) is 5.97 Å². The summed E-state index contributed by atoms with van der Waals surface area (Å²) in [6.45, 7) is 6.34. The summed E-state index contributed by atoms with van der Waals surface area (Å²) < 4.78 is 26.5. The van der Waals surface area contributed by atoms with E-state index < -0.39 is 13.8 Å². The third-order valence-electron chi connectivity index (χ3n) is 3.01. The van der Waals surface area contributed by atoms with Crippen molar-refractivity contribution in [3.05, 3.63) is 0 Å². The molecule has 128 valence electrons. The van der Waals surface area contributed by atoms with Gasteiger partial charge in [-0.3, -0.25) is 0 Å². The van der Waals surface area contributed by atoms with E-state index in [0.717, 1.165) is 51.4 Å². The number of phosphoric ester groups is 1. The van der Waals surface area contributed by atoms with E-state index in [-0.39, 0.29) is 0 Å². The average Bonchev–Trinajstić information content (AvgIpc) is 2.36. The van der Waals surface area contributed by atoms with Gasteiger partial charge in [0.15, 0.2) is 0 Å². The van der Waals surface area contributed by atoms with Crippen molar-refractivity contribution in [1.82, 2.24) is 0 Å². The molecule has 0 spiro atoms. The molecule has 2 N–H and O–H groups in total. The van der Waals surface area contributed by atoms with E-state index in [9.17, 15) is 4.57 Å². The first-order valence-corrected chi connectivity index (χ1v) is 9.40. The normalized spacial score (nSPS) is 12.8. The quantitative estimate of drug-likeness (QED) is 0.285. The molecule has 0 heterocycles. The minimum Gasteiger partial charge on any atom is -0.327 e. The largest absolute Gasteiger partial charge is 0.473 e. The standard InChI is InChI=1S/C14H31O6P/c1-4-6-8-10-12-18-14(3,20-21(15,16)17)19-13-11-9-7-5-2/h4-13H2,1-3H3,(H2,15,16,17). The molecule has 0 aliphatic rings. The van der Waals surface area contributed by atoms with Crippen molar-refractivity contribution in [3.8, 4) is 0 Å². The Morgan fingerprint density at radius 1 is 0.857 bits per heavy atom. The first kappa shape index (κ1) is 21.0. The third kappa shape index (κ3) is 13.4. The molecule has 0 aliphatic heterocycles. The van der Waals surface area contributed by atoms with Gasteiger partial charge in [-0.1, -0.05) is 52.4 Å². The fourth-order valence-electron chi connectivity index (χ4n) is 1.88. The molecule has 0 amide bonds. The van der Waals surface area contributed by atoms with Crippen LogP contribution in [0.15, 0.2) is 0 Å². The summed E-state index contributed by atoms with van der Waals surface area (Å²) in [5, 5.41) is 0. The molecule has 0 radical (unpaired) electrons. The molecule has 0 saturated heterocycles. The second kappa shape index (κ2) is 11.6. The Morgan fingerprint density at radius 2 is 1.29 bits per heavy atom. The maximum absolute atomic E-state index is 11.0. The molecule has 0 aromatic rings. The lowest BCUT2D eigenvalue weighted by atomic mass is 10.2. The van der Waals surface area contributed by atoms with Crippen molar-refractivity contribution >= 4 is 7.82 Å². The van der Waals surface area contributed by atoms with Crippen LogP contribution < -0.4 is 0 Å². The Kier molecular flexibility index (Phi) is 11.6.